The molecular formula is C24H25Cl2FN4O3. The van der Waals surface area contributed by atoms with Gasteiger partial charge in [0.15, 0.2) is 12.0 Å². The highest BCUT2D eigenvalue weighted by atomic mass is 35.5. The molecular weight excluding hydrogens is 482 g/mol. The fraction of sp³-hybridized carbons (Fsp3) is 0.333. The molecule has 2 aromatic carbocycles. The first-order valence-corrected chi connectivity index (χ1v) is 11.5. The van der Waals surface area contributed by atoms with Crippen molar-refractivity contribution in [2.75, 3.05) is 37.9 Å². The summed E-state index contributed by atoms with van der Waals surface area (Å²) < 4.78 is 29.4. The largest absolute Gasteiger partial charge is 0.378 e. The van der Waals surface area contributed by atoms with Gasteiger partial charge in [0.2, 0.25) is 0 Å². The summed E-state index contributed by atoms with van der Waals surface area (Å²) in [6.07, 6.45) is 0.209. The van der Waals surface area contributed by atoms with Gasteiger partial charge in [-0.2, -0.15) is 0 Å². The Kier molecular flexibility index (Phi) is 8.18. The number of hydrazine groups is 1. The first-order valence-electron chi connectivity index (χ1n) is 10.7. The number of alkyl halides is 1. The van der Waals surface area contributed by atoms with Gasteiger partial charge < -0.3 is 14.2 Å². The Morgan fingerprint density at radius 1 is 1.06 bits per heavy atom. The minimum absolute atomic E-state index is 0.00360. The molecule has 1 aliphatic heterocycles. The molecule has 180 valence electrons. The number of fused-ring (bicyclic) bond motifs is 1. The highest BCUT2D eigenvalue weighted by Crippen LogP contribution is 2.35. The van der Waals surface area contributed by atoms with E-state index >= 15 is 0 Å². The van der Waals surface area contributed by atoms with Crippen molar-refractivity contribution < 1.29 is 18.6 Å². The molecule has 10 heteroatoms. The molecule has 0 amide bonds. The molecule has 2 heterocycles. The van der Waals surface area contributed by atoms with Gasteiger partial charge in [0.05, 0.1) is 41.9 Å². The van der Waals surface area contributed by atoms with Gasteiger partial charge in [0.25, 0.3) is 0 Å². The Morgan fingerprint density at radius 2 is 1.82 bits per heavy atom. The number of hydrogen-bond donors (Lipinski definition) is 1. The first-order chi connectivity index (χ1) is 16.5. The number of halogens is 3. The second kappa shape index (κ2) is 11.3. The minimum atomic E-state index is -0.566. The normalized spacial score (nSPS) is 15.0. The van der Waals surface area contributed by atoms with Crippen LogP contribution >= 0.6 is 23.2 Å². The molecule has 7 nitrogen and oxygen atoms in total. The van der Waals surface area contributed by atoms with Crippen LogP contribution in [-0.2, 0) is 33.8 Å². The summed E-state index contributed by atoms with van der Waals surface area (Å²) in [5.74, 6) is 0.480. The average Bonchev–Trinajstić information content (AvgIpc) is 3.17. The summed E-state index contributed by atoms with van der Waals surface area (Å²) in [5, 5.41) is 2.83. The second-order valence-electron chi connectivity index (χ2n) is 7.63. The third-order valence-electron chi connectivity index (χ3n) is 5.34. The molecule has 4 rings (SSSR count). The van der Waals surface area contributed by atoms with Crippen LogP contribution in [0, 0.1) is 0 Å². The lowest BCUT2D eigenvalue weighted by Gasteiger charge is -2.29. The van der Waals surface area contributed by atoms with Gasteiger partial charge in [-0.3, -0.25) is 10.4 Å². The van der Waals surface area contributed by atoms with Crippen molar-refractivity contribution in [2.24, 2.45) is 0 Å². The van der Waals surface area contributed by atoms with Crippen molar-refractivity contribution in [3.8, 4) is 11.3 Å². The quantitative estimate of drug-likeness (QED) is 0.392. The molecule has 0 radical (unpaired) electrons. The van der Waals surface area contributed by atoms with Crippen LogP contribution in [0.4, 0.5) is 15.9 Å². The maximum absolute atomic E-state index is 12.9. The van der Waals surface area contributed by atoms with Crippen LogP contribution in [0.3, 0.4) is 0 Å². The number of aromatic nitrogens is 2. The van der Waals surface area contributed by atoms with Crippen molar-refractivity contribution >= 4 is 34.7 Å². The Balaban J connectivity index is 1.77. The van der Waals surface area contributed by atoms with Crippen molar-refractivity contribution in [3.05, 3.63) is 69.5 Å². The van der Waals surface area contributed by atoms with Crippen molar-refractivity contribution in [2.45, 2.75) is 25.9 Å². The van der Waals surface area contributed by atoms with E-state index in [1.54, 1.807) is 32.4 Å². The first kappa shape index (κ1) is 24.6. The number of rotatable bonds is 10. The fourth-order valence-electron chi connectivity index (χ4n) is 3.88. The molecule has 1 atom stereocenters. The lowest BCUT2D eigenvalue weighted by molar-refractivity contribution is 0.0507. The van der Waals surface area contributed by atoms with Gasteiger partial charge in [-0.25, -0.2) is 14.4 Å². The summed E-state index contributed by atoms with van der Waals surface area (Å²) in [5.41, 5.74) is 7.76. The van der Waals surface area contributed by atoms with Crippen LogP contribution in [0.25, 0.3) is 11.3 Å². The van der Waals surface area contributed by atoms with Crippen molar-refractivity contribution in [1.29, 1.82) is 0 Å². The lowest BCUT2D eigenvalue weighted by atomic mass is 10.1. The predicted octanol–water partition coefficient (Wildman–Crippen LogP) is 5.45. The molecule has 0 fully saturated rings. The Labute approximate surface area is 207 Å². The topological polar surface area (TPSA) is 68.7 Å². The van der Waals surface area contributed by atoms with E-state index in [4.69, 9.17) is 47.4 Å². The lowest BCUT2D eigenvalue weighted by Crippen LogP contribution is -2.40. The summed E-state index contributed by atoms with van der Waals surface area (Å²) in [6, 6.07) is 13.1. The average molecular weight is 507 g/mol. The van der Waals surface area contributed by atoms with E-state index in [0.717, 1.165) is 11.3 Å². The van der Waals surface area contributed by atoms with E-state index in [1.807, 2.05) is 29.3 Å². The number of ether oxygens (including phenoxy) is 3. The molecule has 1 unspecified atom stereocenters. The van der Waals surface area contributed by atoms with Crippen LogP contribution in [-0.4, -0.2) is 43.7 Å². The fourth-order valence-corrected chi connectivity index (χ4v) is 4.38. The van der Waals surface area contributed by atoms with E-state index < -0.39 is 12.9 Å². The molecule has 0 bridgehead atoms. The van der Waals surface area contributed by atoms with Gasteiger partial charge in [-0.05, 0) is 29.8 Å². The number of methoxy groups -OCH3 is 2. The molecule has 1 aromatic heterocycles. The van der Waals surface area contributed by atoms with Gasteiger partial charge in [0, 0.05) is 31.2 Å². The second-order valence-corrected chi connectivity index (χ2v) is 8.48. The molecule has 1 N–H and O–H groups in total. The summed E-state index contributed by atoms with van der Waals surface area (Å²) in [6.45, 7) is -0.159. The van der Waals surface area contributed by atoms with E-state index in [1.165, 1.54) is 0 Å². The van der Waals surface area contributed by atoms with Gasteiger partial charge in [-0.15, -0.1) is 0 Å². The summed E-state index contributed by atoms with van der Waals surface area (Å²) >= 11 is 12.6. The van der Waals surface area contributed by atoms with E-state index in [9.17, 15) is 4.39 Å². The smallest absolute Gasteiger partial charge is 0.169 e. The van der Waals surface area contributed by atoms with Gasteiger partial charge in [-0.1, -0.05) is 41.4 Å². The van der Waals surface area contributed by atoms with Crippen LogP contribution in [0.1, 0.15) is 17.0 Å². The number of nitrogens with one attached hydrogen (secondary N) is 1. The zero-order chi connectivity index (χ0) is 24.1. The third kappa shape index (κ3) is 5.26. The number of anilines is 2. The number of hydrogen-bond acceptors (Lipinski definition) is 7. The predicted molar refractivity (Wildman–Crippen MR) is 131 cm³/mol. The monoisotopic (exact) mass is 506 g/mol. The van der Waals surface area contributed by atoms with Crippen LogP contribution in [0.2, 0.25) is 10.0 Å². The Bertz CT molecular complexity index is 1150. The maximum Gasteiger partial charge on any atom is 0.169 e. The Hall–Kier alpha value is -2.49. The van der Waals surface area contributed by atoms with E-state index in [-0.39, 0.29) is 19.8 Å². The molecule has 0 spiro atoms. The SMILES string of the molecule is COCc1nc(-c2ccc(Cl)cc2Cl)c(COC)nc1NN1c2ccccc2CC1OCCF. The van der Waals surface area contributed by atoms with E-state index in [0.29, 0.717) is 44.9 Å². The van der Waals surface area contributed by atoms with Crippen LogP contribution < -0.4 is 10.4 Å². The zero-order valence-corrected chi connectivity index (χ0v) is 20.4. The summed E-state index contributed by atoms with van der Waals surface area (Å²) in [7, 11) is 3.17. The highest BCUT2D eigenvalue weighted by Gasteiger charge is 2.31. The molecule has 0 aliphatic carbocycles. The summed E-state index contributed by atoms with van der Waals surface area (Å²) in [4.78, 5) is 9.67. The number of benzene rings is 2. The standard InChI is InChI=1S/C24H25Cl2FN4O3/c1-32-13-19-23(17-8-7-16(25)12-18(17)26)28-20(14-33-2)24(29-19)30-31-21-6-4-3-5-15(21)11-22(31)34-10-9-27/h3-8,12,22H,9-11,13-14H2,1-2H3,(H,29,30). The maximum atomic E-state index is 12.9. The minimum Gasteiger partial charge on any atom is -0.378 e. The highest BCUT2D eigenvalue weighted by molar-refractivity contribution is 6.36. The third-order valence-corrected chi connectivity index (χ3v) is 5.88. The molecule has 0 saturated heterocycles. The molecule has 3 aromatic rings. The van der Waals surface area contributed by atoms with Crippen molar-refractivity contribution in [1.82, 2.24) is 9.97 Å². The van der Waals surface area contributed by atoms with Gasteiger partial charge in [0.1, 0.15) is 12.4 Å². The molecule has 0 saturated carbocycles. The Morgan fingerprint density at radius 3 is 2.56 bits per heavy atom. The number of nitrogens with zero attached hydrogens (tertiary/aromatic N) is 3. The van der Waals surface area contributed by atoms with Crippen LogP contribution in [0.5, 0.6) is 0 Å². The van der Waals surface area contributed by atoms with Crippen molar-refractivity contribution in [3.63, 3.8) is 0 Å². The zero-order valence-electron chi connectivity index (χ0n) is 18.9. The molecule has 1 aliphatic rings. The van der Waals surface area contributed by atoms with E-state index in [2.05, 4.69) is 5.43 Å². The van der Waals surface area contributed by atoms with Crippen LogP contribution in [0.15, 0.2) is 42.5 Å². The number of para-hydroxylation sites is 1. The van der Waals surface area contributed by atoms with Gasteiger partial charge >= 0.3 is 0 Å². The molecule has 34 heavy (non-hydrogen) atoms.